The minimum absolute atomic E-state index is 0.160. The smallest absolute Gasteiger partial charge is 0.329 e. The van der Waals surface area contributed by atoms with Crippen LogP contribution in [0, 0.1) is 11.6 Å². The molecule has 0 fully saturated rings. The number of rotatable bonds is 5. The molecule has 1 aromatic carbocycles. The van der Waals surface area contributed by atoms with Crippen LogP contribution in [0.5, 0.6) is 0 Å². The van der Waals surface area contributed by atoms with E-state index >= 15 is 0 Å². The van der Waals surface area contributed by atoms with Crippen molar-refractivity contribution in [3.8, 4) is 0 Å². The quantitative estimate of drug-likeness (QED) is 0.767. The maximum atomic E-state index is 14.3. The number of ketones is 1. The molecule has 2 heterocycles. The molecule has 0 amide bonds. The van der Waals surface area contributed by atoms with Crippen LogP contribution in [0.15, 0.2) is 21.7 Å². The van der Waals surface area contributed by atoms with E-state index in [2.05, 4.69) is 4.98 Å². The molecule has 0 saturated carbocycles. The standard InChI is InChI=1S/C18H20F2N4O3/c1-2-5-24-16(21)14(17(26)22-18(24)27)13(25)9-23-6-3-4-10-7-11(19)8-12(20)15(10)23/h7-8H,2-6,9,21H2,1H3,(H,22,26,27). The summed E-state index contributed by atoms with van der Waals surface area (Å²) in [7, 11) is 0. The van der Waals surface area contributed by atoms with E-state index in [0.29, 0.717) is 31.4 Å². The zero-order valence-electron chi connectivity index (χ0n) is 14.8. The van der Waals surface area contributed by atoms with E-state index in [9.17, 15) is 23.2 Å². The Bertz CT molecular complexity index is 1010. The number of nitrogen functional groups attached to an aromatic ring is 1. The van der Waals surface area contributed by atoms with Gasteiger partial charge < -0.3 is 10.6 Å². The van der Waals surface area contributed by atoms with Crippen LogP contribution >= 0.6 is 0 Å². The van der Waals surface area contributed by atoms with Gasteiger partial charge in [0.15, 0.2) is 5.78 Å². The van der Waals surface area contributed by atoms with Gasteiger partial charge in [0.1, 0.15) is 23.0 Å². The molecule has 1 aliphatic heterocycles. The monoisotopic (exact) mass is 378 g/mol. The lowest BCUT2D eigenvalue weighted by Gasteiger charge is -2.31. The maximum Gasteiger partial charge on any atom is 0.329 e. The lowest BCUT2D eigenvalue weighted by atomic mass is 10.00. The van der Waals surface area contributed by atoms with Crippen LogP contribution in [-0.4, -0.2) is 28.4 Å². The van der Waals surface area contributed by atoms with Gasteiger partial charge in [0.05, 0.1) is 12.2 Å². The third-order valence-corrected chi connectivity index (χ3v) is 4.60. The first-order valence-electron chi connectivity index (χ1n) is 8.72. The average molecular weight is 378 g/mol. The second-order valence-corrected chi connectivity index (χ2v) is 6.51. The van der Waals surface area contributed by atoms with E-state index < -0.39 is 28.7 Å². The van der Waals surface area contributed by atoms with E-state index in [4.69, 9.17) is 5.73 Å². The van der Waals surface area contributed by atoms with Gasteiger partial charge in [-0.3, -0.25) is 19.1 Å². The van der Waals surface area contributed by atoms with Crippen LogP contribution in [0.25, 0.3) is 0 Å². The third kappa shape index (κ3) is 3.49. The number of benzene rings is 1. The second kappa shape index (κ2) is 7.34. The molecule has 2 aromatic rings. The van der Waals surface area contributed by atoms with Gasteiger partial charge in [0.2, 0.25) is 0 Å². The number of aryl methyl sites for hydroxylation is 1. The number of Topliss-reactive ketones (excluding diaryl/α,β-unsaturated/α-hetero) is 1. The number of nitrogens with two attached hydrogens (primary N) is 1. The number of aromatic nitrogens is 2. The van der Waals surface area contributed by atoms with Gasteiger partial charge in [-0.1, -0.05) is 6.92 Å². The molecule has 0 aliphatic carbocycles. The second-order valence-electron chi connectivity index (χ2n) is 6.51. The molecule has 1 aromatic heterocycles. The molecule has 27 heavy (non-hydrogen) atoms. The van der Waals surface area contributed by atoms with Crippen LogP contribution in [0.1, 0.15) is 35.7 Å². The fraction of sp³-hybridized carbons (Fsp3) is 0.389. The molecule has 0 spiro atoms. The number of nitrogens with zero attached hydrogens (tertiary/aromatic N) is 2. The summed E-state index contributed by atoms with van der Waals surface area (Å²) in [5.74, 6) is -2.26. The van der Waals surface area contributed by atoms with Crippen LogP contribution < -0.4 is 21.9 Å². The molecule has 9 heteroatoms. The van der Waals surface area contributed by atoms with Crippen LogP contribution in [0.4, 0.5) is 20.3 Å². The number of aromatic amines is 1. The highest BCUT2D eigenvalue weighted by Gasteiger charge is 2.26. The zero-order valence-corrected chi connectivity index (χ0v) is 14.8. The average Bonchev–Trinajstić information content (AvgIpc) is 2.58. The van der Waals surface area contributed by atoms with Gasteiger partial charge in [0, 0.05) is 19.2 Å². The van der Waals surface area contributed by atoms with E-state index in [1.807, 2.05) is 6.92 Å². The van der Waals surface area contributed by atoms with E-state index in [0.717, 1.165) is 10.6 Å². The number of halogens is 2. The Morgan fingerprint density at radius 3 is 2.74 bits per heavy atom. The van der Waals surface area contributed by atoms with Crippen molar-refractivity contribution in [1.82, 2.24) is 9.55 Å². The highest BCUT2D eigenvalue weighted by atomic mass is 19.1. The molecule has 3 N–H and O–H groups in total. The molecule has 3 rings (SSSR count). The van der Waals surface area contributed by atoms with E-state index in [-0.39, 0.29) is 30.2 Å². The van der Waals surface area contributed by atoms with Crippen molar-refractivity contribution in [2.75, 3.05) is 23.7 Å². The fourth-order valence-corrected chi connectivity index (χ4v) is 3.45. The molecule has 1 aliphatic rings. The Kier molecular flexibility index (Phi) is 5.11. The Hall–Kier alpha value is -2.97. The minimum atomic E-state index is -0.869. The lowest BCUT2D eigenvalue weighted by molar-refractivity contribution is 0.0997. The van der Waals surface area contributed by atoms with Crippen molar-refractivity contribution in [2.45, 2.75) is 32.7 Å². The first kappa shape index (κ1) is 18.8. The largest absolute Gasteiger partial charge is 0.384 e. The first-order valence-corrected chi connectivity index (χ1v) is 8.72. The Morgan fingerprint density at radius 1 is 1.30 bits per heavy atom. The van der Waals surface area contributed by atoms with E-state index in [1.54, 1.807) is 0 Å². The van der Waals surface area contributed by atoms with Crippen LogP contribution in [0.3, 0.4) is 0 Å². The molecule has 0 radical (unpaired) electrons. The number of carbonyl (C=O) groups is 1. The SMILES string of the molecule is CCCn1c(N)c(C(=O)CN2CCCc3cc(F)cc(F)c32)c(=O)[nH]c1=O. The van der Waals surface area contributed by atoms with Crippen molar-refractivity contribution in [2.24, 2.45) is 0 Å². The van der Waals surface area contributed by atoms with Crippen molar-refractivity contribution < 1.29 is 13.6 Å². The highest BCUT2D eigenvalue weighted by molar-refractivity contribution is 6.02. The number of carbonyl (C=O) groups excluding carboxylic acids is 1. The van der Waals surface area contributed by atoms with Gasteiger partial charge in [-0.2, -0.15) is 0 Å². The van der Waals surface area contributed by atoms with Gasteiger partial charge in [0.25, 0.3) is 5.56 Å². The third-order valence-electron chi connectivity index (χ3n) is 4.60. The van der Waals surface area contributed by atoms with Crippen LogP contribution in [-0.2, 0) is 13.0 Å². The van der Waals surface area contributed by atoms with Gasteiger partial charge in [-0.15, -0.1) is 0 Å². The molecule has 0 saturated heterocycles. The predicted molar refractivity (Wildman–Crippen MR) is 97.2 cm³/mol. The topological polar surface area (TPSA) is 101 Å². The number of hydrogen-bond donors (Lipinski definition) is 2. The number of anilines is 2. The number of hydrogen-bond acceptors (Lipinski definition) is 5. The van der Waals surface area contributed by atoms with Crippen LogP contribution in [0.2, 0.25) is 0 Å². The van der Waals surface area contributed by atoms with Crippen molar-refractivity contribution in [1.29, 1.82) is 0 Å². The summed E-state index contributed by atoms with van der Waals surface area (Å²) in [5, 5.41) is 0. The predicted octanol–water partition coefficient (Wildman–Crippen LogP) is 1.44. The minimum Gasteiger partial charge on any atom is -0.384 e. The summed E-state index contributed by atoms with van der Waals surface area (Å²) in [6.45, 7) is 2.16. The van der Waals surface area contributed by atoms with Gasteiger partial charge >= 0.3 is 5.69 Å². The van der Waals surface area contributed by atoms with Crippen molar-refractivity contribution in [3.63, 3.8) is 0 Å². The molecule has 0 bridgehead atoms. The van der Waals surface area contributed by atoms with Gasteiger partial charge in [-0.05, 0) is 30.9 Å². The Balaban J connectivity index is 1.98. The van der Waals surface area contributed by atoms with Gasteiger partial charge in [-0.25, -0.2) is 13.6 Å². The summed E-state index contributed by atoms with van der Waals surface area (Å²) in [6.07, 6.45) is 1.70. The lowest BCUT2D eigenvalue weighted by Crippen LogP contribution is -2.40. The summed E-state index contributed by atoms with van der Waals surface area (Å²) < 4.78 is 28.9. The molecular weight excluding hydrogens is 358 g/mol. The highest BCUT2D eigenvalue weighted by Crippen LogP contribution is 2.31. The molecular formula is C18H20F2N4O3. The van der Waals surface area contributed by atoms with E-state index in [1.165, 1.54) is 11.0 Å². The number of fused-ring (bicyclic) bond motifs is 1. The molecule has 0 unspecified atom stereocenters. The fourth-order valence-electron chi connectivity index (χ4n) is 3.45. The summed E-state index contributed by atoms with van der Waals surface area (Å²) in [6, 6.07) is 2.02. The van der Waals surface area contributed by atoms with Crippen molar-refractivity contribution >= 4 is 17.3 Å². The Labute approximate surface area is 153 Å². The normalized spacial score (nSPS) is 13.5. The zero-order chi connectivity index (χ0) is 19.7. The maximum absolute atomic E-state index is 14.3. The Morgan fingerprint density at radius 2 is 2.04 bits per heavy atom. The summed E-state index contributed by atoms with van der Waals surface area (Å²) in [5.41, 5.74) is 4.67. The summed E-state index contributed by atoms with van der Waals surface area (Å²) >= 11 is 0. The first-order chi connectivity index (χ1) is 12.8. The molecule has 144 valence electrons. The summed E-state index contributed by atoms with van der Waals surface area (Å²) in [4.78, 5) is 40.4. The van der Waals surface area contributed by atoms with Crippen molar-refractivity contribution in [3.05, 3.63) is 55.7 Å². The molecule has 7 nitrogen and oxygen atoms in total. The number of H-pyrrole nitrogens is 1. The molecule has 0 atom stereocenters. The number of nitrogens with one attached hydrogen (secondary N) is 1.